The second kappa shape index (κ2) is 3.68. The minimum Gasteiger partial charge on any atom is -0.472 e. The van der Waals surface area contributed by atoms with Crippen molar-refractivity contribution in [3.63, 3.8) is 0 Å². The van der Waals surface area contributed by atoms with Crippen LogP contribution < -0.4 is 0 Å². The number of hydrogen-bond acceptors (Lipinski definition) is 1. The summed E-state index contributed by atoms with van der Waals surface area (Å²) in [6.07, 6.45) is 3.40. The molecule has 0 radical (unpaired) electrons. The molecular weight excluding hydrogens is 296 g/mol. The van der Waals surface area contributed by atoms with Gasteiger partial charge in [0, 0.05) is 14.5 Å². The molecule has 0 saturated heterocycles. The number of furan rings is 1. The molecule has 66 valence electrons. The van der Waals surface area contributed by atoms with Gasteiger partial charge in [-0.2, -0.15) is 0 Å². The molecule has 1 heterocycles. The van der Waals surface area contributed by atoms with E-state index < -0.39 is 0 Å². The topological polar surface area (TPSA) is 13.1 Å². The zero-order chi connectivity index (χ0) is 9.26. The molecule has 0 bridgehead atoms. The summed E-state index contributed by atoms with van der Waals surface area (Å²) in [6.45, 7) is 0. The van der Waals surface area contributed by atoms with Crippen LogP contribution in [0.4, 0.5) is 0 Å². The first-order chi connectivity index (χ1) is 6.27. The lowest BCUT2D eigenvalue weighted by atomic mass is 10.1. The van der Waals surface area contributed by atoms with E-state index >= 15 is 0 Å². The molecule has 0 N–H and O–H groups in total. The zero-order valence-electron chi connectivity index (χ0n) is 6.63. The van der Waals surface area contributed by atoms with Crippen LogP contribution in [0.15, 0.2) is 50.2 Å². The Labute approximate surface area is 93.0 Å². The minimum atomic E-state index is 1.05. The van der Waals surface area contributed by atoms with Crippen LogP contribution in [-0.2, 0) is 0 Å². The Morgan fingerprint density at radius 3 is 2.38 bits per heavy atom. The molecule has 2 aromatic rings. The van der Waals surface area contributed by atoms with Crippen molar-refractivity contribution in [3.8, 4) is 11.1 Å². The van der Waals surface area contributed by atoms with Crippen LogP contribution in [0.3, 0.4) is 0 Å². The monoisotopic (exact) mass is 300 g/mol. The van der Waals surface area contributed by atoms with Gasteiger partial charge in [0.1, 0.15) is 0 Å². The Balaban J connectivity index is 2.49. The average molecular weight is 302 g/mol. The molecule has 0 saturated carbocycles. The number of benzene rings is 1. The van der Waals surface area contributed by atoms with Crippen molar-refractivity contribution >= 4 is 31.9 Å². The van der Waals surface area contributed by atoms with Gasteiger partial charge in [-0.25, -0.2) is 0 Å². The molecular formula is C10H6Br2O. The fourth-order valence-electron chi connectivity index (χ4n) is 1.10. The Bertz CT molecular complexity index is 407. The third kappa shape index (κ3) is 1.86. The van der Waals surface area contributed by atoms with Gasteiger partial charge in [0.2, 0.25) is 0 Å². The van der Waals surface area contributed by atoms with Crippen LogP contribution in [0.1, 0.15) is 0 Å². The van der Waals surface area contributed by atoms with Gasteiger partial charge in [-0.1, -0.05) is 6.07 Å². The highest BCUT2D eigenvalue weighted by atomic mass is 79.9. The van der Waals surface area contributed by atoms with Gasteiger partial charge in [-0.05, 0) is 55.6 Å². The van der Waals surface area contributed by atoms with Crippen molar-refractivity contribution in [2.24, 2.45) is 0 Å². The first-order valence-electron chi connectivity index (χ1n) is 3.75. The van der Waals surface area contributed by atoms with Crippen LogP contribution in [-0.4, -0.2) is 0 Å². The predicted octanol–water partition coefficient (Wildman–Crippen LogP) is 4.47. The second-order valence-corrected chi connectivity index (χ2v) is 4.35. The SMILES string of the molecule is Brc1ccc(-c2ccoc2)cc1Br. The summed E-state index contributed by atoms with van der Waals surface area (Å²) in [5, 5.41) is 0. The molecule has 1 aromatic carbocycles. The summed E-state index contributed by atoms with van der Waals surface area (Å²) >= 11 is 6.88. The summed E-state index contributed by atoms with van der Waals surface area (Å²) < 4.78 is 7.11. The molecule has 0 fully saturated rings. The lowest BCUT2D eigenvalue weighted by molar-refractivity contribution is 0.568. The van der Waals surface area contributed by atoms with E-state index in [1.807, 2.05) is 18.2 Å². The first kappa shape index (κ1) is 9.03. The number of halogens is 2. The van der Waals surface area contributed by atoms with Gasteiger partial charge in [-0.15, -0.1) is 0 Å². The Morgan fingerprint density at radius 1 is 0.923 bits per heavy atom. The van der Waals surface area contributed by atoms with E-state index in [9.17, 15) is 0 Å². The van der Waals surface area contributed by atoms with Crippen LogP contribution >= 0.6 is 31.9 Å². The summed E-state index contributed by atoms with van der Waals surface area (Å²) in [7, 11) is 0. The second-order valence-electron chi connectivity index (χ2n) is 2.64. The number of hydrogen-bond donors (Lipinski definition) is 0. The number of rotatable bonds is 1. The quantitative estimate of drug-likeness (QED) is 0.757. The molecule has 0 aliphatic heterocycles. The van der Waals surface area contributed by atoms with Crippen molar-refractivity contribution in [3.05, 3.63) is 45.7 Å². The van der Waals surface area contributed by atoms with E-state index in [-0.39, 0.29) is 0 Å². The molecule has 0 unspecified atom stereocenters. The maximum absolute atomic E-state index is 5.01. The van der Waals surface area contributed by atoms with Crippen LogP contribution in [0.25, 0.3) is 11.1 Å². The fraction of sp³-hybridized carbons (Fsp3) is 0. The molecule has 1 aromatic heterocycles. The van der Waals surface area contributed by atoms with Gasteiger partial charge >= 0.3 is 0 Å². The van der Waals surface area contributed by atoms with E-state index in [1.54, 1.807) is 12.5 Å². The van der Waals surface area contributed by atoms with Crippen LogP contribution in [0, 0.1) is 0 Å². The third-order valence-corrected chi connectivity index (χ3v) is 3.65. The average Bonchev–Trinajstić information content (AvgIpc) is 2.62. The van der Waals surface area contributed by atoms with Crippen LogP contribution in [0.5, 0.6) is 0 Å². The van der Waals surface area contributed by atoms with Gasteiger partial charge in [0.05, 0.1) is 12.5 Å². The zero-order valence-corrected chi connectivity index (χ0v) is 9.80. The summed E-state index contributed by atoms with van der Waals surface area (Å²) in [6, 6.07) is 8.04. The van der Waals surface area contributed by atoms with E-state index in [4.69, 9.17) is 4.42 Å². The summed E-state index contributed by atoms with van der Waals surface area (Å²) in [4.78, 5) is 0. The molecule has 0 spiro atoms. The molecule has 0 atom stereocenters. The summed E-state index contributed by atoms with van der Waals surface area (Å²) in [5.74, 6) is 0. The van der Waals surface area contributed by atoms with Crippen LogP contribution in [0.2, 0.25) is 0 Å². The highest BCUT2D eigenvalue weighted by molar-refractivity contribution is 9.13. The molecule has 0 aliphatic rings. The lowest BCUT2D eigenvalue weighted by Gasteiger charge is -1.99. The smallest absolute Gasteiger partial charge is 0.0980 e. The van der Waals surface area contributed by atoms with Gasteiger partial charge in [0.25, 0.3) is 0 Å². The normalized spacial score (nSPS) is 10.3. The van der Waals surface area contributed by atoms with Crippen molar-refractivity contribution in [1.29, 1.82) is 0 Å². The largest absolute Gasteiger partial charge is 0.472 e. The van der Waals surface area contributed by atoms with E-state index in [0.717, 1.165) is 20.1 Å². The summed E-state index contributed by atoms with van der Waals surface area (Å²) in [5.41, 5.74) is 2.23. The van der Waals surface area contributed by atoms with Crippen molar-refractivity contribution in [1.82, 2.24) is 0 Å². The highest BCUT2D eigenvalue weighted by Crippen LogP contribution is 2.29. The van der Waals surface area contributed by atoms with Crippen molar-refractivity contribution in [2.45, 2.75) is 0 Å². The Kier molecular flexibility index (Phi) is 2.56. The maximum Gasteiger partial charge on any atom is 0.0980 e. The highest BCUT2D eigenvalue weighted by Gasteiger charge is 2.01. The van der Waals surface area contributed by atoms with Gasteiger partial charge in [0.15, 0.2) is 0 Å². The molecule has 0 aliphatic carbocycles. The lowest BCUT2D eigenvalue weighted by Crippen LogP contribution is -1.74. The Hall–Kier alpha value is -0.540. The van der Waals surface area contributed by atoms with E-state index in [0.29, 0.717) is 0 Å². The first-order valence-corrected chi connectivity index (χ1v) is 5.33. The molecule has 1 nitrogen and oxygen atoms in total. The fourth-order valence-corrected chi connectivity index (χ4v) is 1.73. The third-order valence-electron chi connectivity index (χ3n) is 1.77. The van der Waals surface area contributed by atoms with Gasteiger partial charge < -0.3 is 4.42 Å². The standard InChI is InChI=1S/C10H6Br2O/c11-9-2-1-7(5-10(9)12)8-3-4-13-6-8/h1-6H. The van der Waals surface area contributed by atoms with Crippen molar-refractivity contribution in [2.75, 3.05) is 0 Å². The van der Waals surface area contributed by atoms with Gasteiger partial charge in [-0.3, -0.25) is 0 Å². The predicted molar refractivity (Wildman–Crippen MR) is 59.5 cm³/mol. The van der Waals surface area contributed by atoms with E-state index in [2.05, 4.69) is 37.9 Å². The maximum atomic E-state index is 5.01. The molecule has 0 amide bonds. The van der Waals surface area contributed by atoms with E-state index in [1.165, 1.54) is 0 Å². The van der Waals surface area contributed by atoms with Crippen molar-refractivity contribution < 1.29 is 4.42 Å². The molecule has 13 heavy (non-hydrogen) atoms. The minimum absolute atomic E-state index is 1.05. The molecule has 3 heteroatoms. The Morgan fingerprint density at radius 2 is 1.77 bits per heavy atom. The molecule has 2 rings (SSSR count).